The van der Waals surface area contributed by atoms with Gasteiger partial charge < -0.3 is 19.7 Å². The topological polar surface area (TPSA) is 67.9 Å². The molecule has 1 aliphatic carbocycles. The van der Waals surface area contributed by atoms with Gasteiger partial charge in [0, 0.05) is 37.2 Å². The van der Waals surface area contributed by atoms with Crippen LogP contribution < -0.4 is 14.8 Å². The Hall–Kier alpha value is -3.16. The van der Waals surface area contributed by atoms with E-state index in [4.69, 9.17) is 9.47 Å². The summed E-state index contributed by atoms with van der Waals surface area (Å²) in [5.41, 5.74) is 0.639. The molecule has 0 heterocycles. The molecule has 2 aromatic rings. The smallest absolute Gasteiger partial charge is 0.254 e. The number of benzene rings is 2. The van der Waals surface area contributed by atoms with Gasteiger partial charge in [0.2, 0.25) is 5.91 Å². The Morgan fingerprint density at radius 2 is 1.87 bits per heavy atom. The average Bonchev–Trinajstić information content (AvgIpc) is 3.59. The molecule has 0 saturated heterocycles. The van der Waals surface area contributed by atoms with E-state index in [1.807, 2.05) is 17.0 Å². The van der Waals surface area contributed by atoms with Gasteiger partial charge in [-0.3, -0.25) is 9.59 Å². The van der Waals surface area contributed by atoms with Gasteiger partial charge >= 0.3 is 0 Å². The second-order valence-electron chi connectivity index (χ2n) is 7.41. The highest BCUT2D eigenvalue weighted by atomic mass is 19.1. The lowest BCUT2D eigenvalue weighted by Gasteiger charge is -2.24. The Balaban J connectivity index is 1.54. The van der Waals surface area contributed by atoms with Crippen LogP contribution in [0, 0.1) is 11.6 Å². The van der Waals surface area contributed by atoms with Gasteiger partial charge in [-0.15, -0.1) is 0 Å². The average molecular weight is 432 g/mol. The molecular weight excluding hydrogens is 406 g/mol. The van der Waals surface area contributed by atoms with Crippen LogP contribution in [0.5, 0.6) is 11.5 Å². The number of carbonyl (C=O) groups is 2. The first-order valence-corrected chi connectivity index (χ1v) is 10.2. The SMILES string of the molecule is COc1ccc(OC)c(CN(C(=O)CCCNC(=O)c2ccc(F)cc2F)C2CC2)c1. The van der Waals surface area contributed by atoms with E-state index < -0.39 is 17.5 Å². The van der Waals surface area contributed by atoms with E-state index in [1.165, 1.54) is 0 Å². The van der Waals surface area contributed by atoms with Crippen LogP contribution in [0.4, 0.5) is 8.78 Å². The van der Waals surface area contributed by atoms with Crippen molar-refractivity contribution < 1.29 is 27.8 Å². The van der Waals surface area contributed by atoms with Gasteiger partial charge in [0.25, 0.3) is 5.91 Å². The Morgan fingerprint density at radius 1 is 1.10 bits per heavy atom. The van der Waals surface area contributed by atoms with Crippen molar-refractivity contribution in [2.45, 2.75) is 38.3 Å². The van der Waals surface area contributed by atoms with Crippen LogP contribution in [0.25, 0.3) is 0 Å². The zero-order valence-corrected chi connectivity index (χ0v) is 17.6. The molecule has 31 heavy (non-hydrogen) atoms. The third-order valence-corrected chi connectivity index (χ3v) is 5.16. The van der Waals surface area contributed by atoms with Gasteiger partial charge in [-0.25, -0.2) is 8.78 Å². The van der Waals surface area contributed by atoms with Crippen molar-refractivity contribution in [2.75, 3.05) is 20.8 Å². The van der Waals surface area contributed by atoms with E-state index in [2.05, 4.69) is 5.32 Å². The number of carbonyl (C=O) groups excluding carboxylic acids is 2. The summed E-state index contributed by atoms with van der Waals surface area (Å²) in [6.07, 6.45) is 2.57. The van der Waals surface area contributed by atoms with Crippen LogP contribution in [-0.2, 0) is 11.3 Å². The maximum absolute atomic E-state index is 13.7. The van der Waals surface area contributed by atoms with Gasteiger partial charge in [0.1, 0.15) is 23.1 Å². The van der Waals surface area contributed by atoms with Crippen LogP contribution >= 0.6 is 0 Å². The highest BCUT2D eigenvalue weighted by molar-refractivity contribution is 5.94. The predicted octanol–water partition coefficient (Wildman–Crippen LogP) is 3.68. The zero-order valence-electron chi connectivity index (χ0n) is 17.6. The van der Waals surface area contributed by atoms with Crippen molar-refractivity contribution in [3.63, 3.8) is 0 Å². The molecule has 0 aliphatic heterocycles. The quantitative estimate of drug-likeness (QED) is 0.582. The molecule has 0 unspecified atom stereocenters. The van der Waals surface area contributed by atoms with Gasteiger partial charge in [0.15, 0.2) is 0 Å². The summed E-state index contributed by atoms with van der Waals surface area (Å²) >= 11 is 0. The van der Waals surface area contributed by atoms with Crippen LogP contribution in [0.15, 0.2) is 36.4 Å². The number of rotatable bonds is 10. The first-order valence-electron chi connectivity index (χ1n) is 10.2. The second kappa shape index (κ2) is 10.2. The summed E-state index contributed by atoms with van der Waals surface area (Å²) in [4.78, 5) is 26.7. The van der Waals surface area contributed by atoms with E-state index >= 15 is 0 Å². The highest BCUT2D eigenvalue weighted by Crippen LogP contribution is 2.32. The number of ether oxygens (including phenoxy) is 2. The van der Waals surface area contributed by atoms with Gasteiger partial charge in [-0.1, -0.05) is 0 Å². The number of hydrogen-bond donors (Lipinski definition) is 1. The first kappa shape index (κ1) is 22.5. The molecule has 0 spiro atoms. The summed E-state index contributed by atoms with van der Waals surface area (Å²) < 4.78 is 37.3. The third kappa shape index (κ3) is 5.93. The first-order chi connectivity index (χ1) is 14.9. The second-order valence-corrected chi connectivity index (χ2v) is 7.41. The standard InChI is InChI=1S/C23H26F2N2O4/c1-30-18-8-10-21(31-2)15(12-18)14-27(17-6-7-17)22(28)4-3-11-26-23(29)19-9-5-16(24)13-20(19)25/h5,8-10,12-13,17H,3-4,6-7,11,14H2,1-2H3,(H,26,29). The fourth-order valence-electron chi connectivity index (χ4n) is 3.35. The van der Waals surface area contributed by atoms with E-state index in [0.29, 0.717) is 30.5 Å². The molecular formula is C23H26F2N2O4. The number of nitrogens with zero attached hydrogens (tertiary/aromatic N) is 1. The Morgan fingerprint density at radius 3 is 2.52 bits per heavy atom. The normalized spacial score (nSPS) is 12.9. The third-order valence-electron chi connectivity index (χ3n) is 5.16. The number of methoxy groups -OCH3 is 2. The molecule has 2 amide bonds. The molecule has 8 heteroatoms. The van der Waals surface area contributed by atoms with Crippen molar-refractivity contribution in [3.8, 4) is 11.5 Å². The fraction of sp³-hybridized carbons (Fsp3) is 0.391. The summed E-state index contributed by atoms with van der Waals surface area (Å²) in [6.45, 7) is 0.624. The number of nitrogens with one attached hydrogen (secondary N) is 1. The molecule has 0 aromatic heterocycles. The fourth-order valence-corrected chi connectivity index (χ4v) is 3.35. The molecule has 0 atom stereocenters. The van der Waals surface area contributed by atoms with Crippen LogP contribution in [0.1, 0.15) is 41.6 Å². The van der Waals surface area contributed by atoms with Gasteiger partial charge in [0.05, 0.1) is 19.8 Å². The van der Waals surface area contributed by atoms with Gasteiger partial charge in [-0.2, -0.15) is 0 Å². The number of halogens is 2. The maximum Gasteiger partial charge on any atom is 0.254 e. The number of hydrogen-bond acceptors (Lipinski definition) is 4. The van der Waals surface area contributed by atoms with E-state index in [9.17, 15) is 18.4 Å². The Labute approximate surface area is 180 Å². The molecule has 1 fully saturated rings. The van der Waals surface area contributed by atoms with Crippen LogP contribution in [0.3, 0.4) is 0 Å². The molecule has 0 radical (unpaired) electrons. The summed E-state index contributed by atoms with van der Waals surface area (Å²) in [5, 5.41) is 2.57. The Kier molecular flexibility index (Phi) is 7.44. The monoisotopic (exact) mass is 432 g/mol. The van der Waals surface area contributed by atoms with Crippen molar-refractivity contribution in [1.82, 2.24) is 10.2 Å². The van der Waals surface area contributed by atoms with E-state index in [-0.39, 0.29) is 30.5 Å². The molecule has 1 saturated carbocycles. The van der Waals surface area contributed by atoms with Gasteiger partial charge in [-0.05, 0) is 49.6 Å². The molecule has 1 aliphatic rings. The highest BCUT2D eigenvalue weighted by Gasteiger charge is 2.32. The predicted molar refractivity (Wildman–Crippen MR) is 111 cm³/mol. The lowest BCUT2D eigenvalue weighted by Crippen LogP contribution is -2.33. The lowest BCUT2D eigenvalue weighted by molar-refractivity contribution is -0.132. The minimum absolute atomic E-state index is 0.0189. The minimum atomic E-state index is -0.916. The van der Waals surface area contributed by atoms with Crippen molar-refractivity contribution in [2.24, 2.45) is 0 Å². The zero-order chi connectivity index (χ0) is 22.4. The van der Waals surface area contributed by atoms with Crippen molar-refractivity contribution in [1.29, 1.82) is 0 Å². The molecule has 0 bridgehead atoms. The van der Waals surface area contributed by atoms with Crippen LogP contribution in [0.2, 0.25) is 0 Å². The van der Waals surface area contributed by atoms with E-state index in [0.717, 1.165) is 30.5 Å². The summed E-state index contributed by atoms with van der Waals surface area (Å²) in [7, 11) is 3.17. The molecule has 6 nitrogen and oxygen atoms in total. The molecule has 3 rings (SSSR count). The van der Waals surface area contributed by atoms with E-state index in [1.54, 1.807) is 20.3 Å². The lowest BCUT2D eigenvalue weighted by atomic mass is 10.1. The molecule has 1 N–H and O–H groups in total. The summed E-state index contributed by atoms with van der Waals surface area (Å²) in [5.74, 6) is -0.935. The number of amides is 2. The maximum atomic E-state index is 13.7. The van der Waals surface area contributed by atoms with Crippen molar-refractivity contribution >= 4 is 11.8 Å². The minimum Gasteiger partial charge on any atom is -0.497 e. The molecule has 166 valence electrons. The molecule has 2 aromatic carbocycles. The van der Waals surface area contributed by atoms with Crippen LogP contribution in [-0.4, -0.2) is 43.5 Å². The largest absolute Gasteiger partial charge is 0.497 e. The Bertz CT molecular complexity index is 947. The van der Waals surface area contributed by atoms with Crippen molar-refractivity contribution in [3.05, 3.63) is 59.2 Å². The summed E-state index contributed by atoms with van der Waals surface area (Å²) in [6, 6.07) is 8.47.